The van der Waals surface area contributed by atoms with Crippen molar-refractivity contribution in [2.45, 2.75) is 101 Å². The van der Waals surface area contributed by atoms with Crippen molar-refractivity contribution in [3.63, 3.8) is 0 Å². The number of piperidine rings is 3. The number of hydrogen-bond acceptors (Lipinski definition) is 10. The Kier molecular flexibility index (Phi) is 11.7. The van der Waals surface area contributed by atoms with Gasteiger partial charge in [0.05, 0.1) is 12.2 Å². The van der Waals surface area contributed by atoms with Crippen molar-refractivity contribution in [3.8, 4) is 0 Å². The van der Waals surface area contributed by atoms with Crippen LogP contribution >= 0.6 is 0 Å². The van der Waals surface area contributed by atoms with Gasteiger partial charge in [-0.3, -0.25) is 19.2 Å². The molecule has 0 aliphatic carbocycles. The fourth-order valence-electron chi connectivity index (χ4n) is 9.59. The smallest absolute Gasteiger partial charge is 0.320 e. The highest BCUT2D eigenvalue weighted by Gasteiger charge is 2.40. The number of aryl methyl sites for hydroxylation is 1. The number of primary amides is 1. The zero-order valence-corrected chi connectivity index (χ0v) is 34.6. The normalized spacial score (nSPS) is 22.9. The Morgan fingerprint density at radius 2 is 1.75 bits per heavy atom. The van der Waals surface area contributed by atoms with Crippen molar-refractivity contribution >= 4 is 47.0 Å². The van der Waals surface area contributed by atoms with Gasteiger partial charge in [0, 0.05) is 70.5 Å². The monoisotopic (exact) mass is 820 g/mol. The van der Waals surface area contributed by atoms with Gasteiger partial charge in [0.25, 0.3) is 11.8 Å². The van der Waals surface area contributed by atoms with Gasteiger partial charge in [-0.05, 0) is 98.1 Å². The van der Waals surface area contributed by atoms with Gasteiger partial charge in [-0.2, -0.15) is 0 Å². The van der Waals surface area contributed by atoms with Gasteiger partial charge in [-0.1, -0.05) is 31.2 Å². The molecule has 60 heavy (non-hydrogen) atoms. The lowest BCUT2D eigenvalue weighted by atomic mass is 9.74. The highest BCUT2D eigenvalue weighted by molar-refractivity contribution is 6.01. The molecule has 0 radical (unpaired) electrons. The molecule has 6 amide bonds. The van der Waals surface area contributed by atoms with Crippen LogP contribution in [0.15, 0.2) is 48.7 Å². The van der Waals surface area contributed by atoms with E-state index in [1.54, 1.807) is 16.0 Å². The number of amides is 6. The number of aromatic nitrogens is 2. The molecule has 5 aliphatic rings. The minimum absolute atomic E-state index is 0.0532. The maximum Gasteiger partial charge on any atom is 0.320 e. The van der Waals surface area contributed by atoms with Gasteiger partial charge in [0.2, 0.25) is 11.8 Å². The van der Waals surface area contributed by atoms with Crippen LogP contribution in [0.4, 0.5) is 22.1 Å². The minimum Gasteiger partial charge on any atom is -0.374 e. The summed E-state index contributed by atoms with van der Waals surface area (Å²) >= 11 is 0. The molecule has 2 aromatic carbocycles. The van der Waals surface area contributed by atoms with E-state index in [-0.39, 0.29) is 46.7 Å². The summed E-state index contributed by atoms with van der Waals surface area (Å²) in [5.74, 6) is -0.0742. The average Bonchev–Trinajstić information content (AvgIpc) is 3.77. The molecular formula is C44H56N10O6. The Hall–Kier alpha value is -5.77. The molecule has 8 rings (SSSR count). The molecule has 2 unspecified atom stereocenters. The molecule has 4 fully saturated rings. The van der Waals surface area contributed by atoms with Crippen LogP contribution < -0.4 is 21.3 Å². The molecular weight excluding hydrogens is 765 g/mol. The topological polar surface area (TPSA) is 198 Å². The number of benzene rings is 2. The summed E-state index contributed by atoms with van der Waals surface area (Å²) in [6.45, 7) is 6.81. The number of aliphatic hydroxyl groups excluding tert-OH is 1. The molecule has 1 aromatic heterocycles. The van der Waals surface area contributed by atoms with Crippen LogP contribution in [0, 0.1) is 0 Å². The molecule has 3 atom stereocenters. The molecule has 16 nitrogen and oxygen atoms in total. The molecule has 16 heteroatoms. The van der Waals surface area contributed by atoms with Gasteiger partial charge < -0.3 is 46.0 Å². The lowest BCUT2D eigenvalue weighted by Gasteiger charge is -2.40. The first-order valence-electron chi connectivity index (χ1n) is 21.4. The Labute approximate surface area is 350 Å². The number of nitrogens with two attached hydrogens (primary N) is 1. The highest BCUT2D eigenvalue weighted by atomic mass is 16.3. The zero-order valence-electron chi connectivity index (χ0n) is 34.6. The summed E-state index contributed by atoms with van der Waals surface area (Å²) < 4.78 is 0. The van der Waals surface area contributed by atoms with E-state index >= 15 is 0 Å². The predicted octanol–water partition coefficient (Wildman–Crippen LogP) is 3.50. The molecule has 0 spiro atoms. The number of likely N-dealkylation sites (tertiary alicyclic amines) is 1. The molecule has 6 heterocycles. The average molecular weight is 821 g/mol. The number of rotatable bonds is 12. The molecule has 318 valence electrons. The van der Waals surface area contributed by atoms with Crippen molar-refractivity contribution in [2.75, 3.05) is 56.5 Å². The van der Waals surface area contributed by atoms with E-state index < -0.39 is 18.2 Å². The molecule has 0 bridgehead atoms. The molecule has 5 aliphatic heterocycles. The number of nitrogens with one attached hydrogen (secondary N) is 2. The summed E-state index contributed by atoms with van der Waals surface area (Å²) in [5.41, 5.74) is 10.2. The maximum atomic E-state index is 13.3. The van der Waals surface area contributed by atoms with E-state index in [1.807, 2.05) is 47.2 Å². The lowest BCUT2D eigenvalue weighted by Crippen LogP contribution is -2.54. The fourth-order valence-corrected chi connectivity index (χ4v) is 9.59. The van der Waals surface area contributed by atoms with Gasteiger partial charge >= 0.3 is 6.03 Å². The minimum atomic E-state index is -0.866. The lowest BCUT2D eigenvalue weighted by molar-refractivity contribution is -0.133. The number of nitrogens with zero attached hydrogens (tertiary/aromatic N) is 7. The number of aliphatic hydroxyl groups is 1. The van der Waals surface area contributed by atoms with Crippen molar-refractivity contribution < 1.29 is 29.1 Å². The summed E-state index contributed by atoms with van der Waals surface area (Å²) in [7, 11) is 1.83. The van der Waals surface area contributed by atoms with E-state index in [0.717, 1.165) is 74.8 Å². The number of anilines is 3. The van der Waals surface area contributed by atoms with Gasteiger partial charge in [-0.15, -0.1) is 0 Å². The first-order valence-corrected chi connectivity index (χ1v) is 21.4. The van der Waals surface area contributed by atoms with Crippen LogP contribution in [0.3, 0.4) is 0 Å². The van der Waals surface area contributed by atoms with Crippen molar-refractivity contribution in [1.29, 1.82) is 0 Å². The third kappa shape index (κ3) is 8.34. The van der Waals surface area contributed by atoms with Gasteiger partial charge in [0.1, 0.15) is 18.1 Å². The Morgan fingerprint density at radius 1 is 0.967 bits per heavy atom. The second-order valence-electron chi connectivity index (χ2n) is 17.3. The first kappa shape index (κ1) is 41.0. The van der Waals surface area contributed by atoms with Crippen LogP contribution in [0.5, 0.6) is 0 Å². The Balaban J connectivity index is 0.821. The van der Waals surface area contributed by atoms with E-state index in [9.17, 15) is 29.1 Å². The first-order chi connectivity index (χ1) is 28.9. The third-order valence-corrected chi connectivity index (χ3v) is 13.3. The van der Waals surface area contributed by atoms with Crippen LogP contribution in [0.25, 0.3) is 0 Å². The maximum absolute atomic E-state index is 13.3. The second-order valence-corrected chi connectivity index (χ2v) is 17.3. The van der Waals surface area contributed by atoms with Crippen LogP contribution in [0.2, 0.25) is 0 Å². The van der Waals surface area contributed by atoms with Crippen LogP contribution in [0.1, 0.15) is 102 Å². The van der Waals surface area contributed by atoms with Gasteiger partial charge in [0.15, 0.2) is 11.5 Å². The Morgan fingerprint density at radius 3 is 2.47 bits per heavy atom. The van der Waals surface area contributed by atoms with Crippen LogP contribution in [-0.4, -0.2) is 129 Å². The van der Waals surface area contributed by atoms with Crippen molar-refractivity contribution in [1.82, 2.24) is 34.9 Å². The zero-order chi connectivity index (χ0) is 42.1. The van der Waals surface area contributed by atoms with Crippen molar-refractivity contribution in [2.24, 2.45) is 5.73 Å². The Bertz CT molecular complexity index is 2140. The van der Waals surface area contributed by atoms with Crippen molar-refractivity contribution in [3.05, 3.63) is 76.6 Å². The number of carbonyl (C=O) groups is 5. The van der Waals surface area contributed by atoms with E-state index in [0.29, 0.717) is 63.4 Å². The number of urea groups is 1. The summed E-state index contributed by atoms with van der Waals surface area (Å²) in [5, 5.41) is 15.6. The largest absolute Gasteiger partial charge is 0.374 e. The quantitative estimate of drug-likeness (QED) is 0.196. The number of unbranched alkanes of at least 4 members (excludes halogenated alkanes) is 1. The standard InChI is InChI=1S/C44H56N10O6/c1-44(18-21-51(22-19-44)37(56)11-4-3-7-28-8-5-10-32-33(28)27-54(42(32)59)34-16-17-36(55)49-41(34)58)29-12-14-30(15-13-29)47-40-38(39(45)57)46-25-35(48-40)52-20-6-9-31(26-52)53-24-23-50(2)43(53)60/h5,8,10,12-15,25,31,34,36,55H,3-4,6-7,9,11,16-24,26-27H2,1-2H3,(H2,45,57)(H,47,48)(H,49,58)/t31-,34?,36?/m1/s1. The number of carbonyl (C=O) groups excluding carboxylic acids is 5. The fraction of sp³-hybridized carbons (Fsp3) is 0.523. The second kappa shape index (κ2) is 17.1. The van der Waals surface area contributed by atoms with Crippen LogP contribution in [-0.2, 0) is 28.0 Å². The van der Waals surface area contributed by atoms with Gasteiger partial charge in [-0.25, -0.2) is 14.8 Å². The predicted molar refractivity (Wildman–Crippen MR) is 224 cm³/mol. The summed E-state index contributed by atoms with van der Waals surface area (Å²) in [4.78, 5) is 82.8. The molecule has 5 N–H and O–H groups in total. The number of hydrogen-bond donors (Lipinski definition) is 4. The number of likely N-dealkylation sites (N-methyl/N-ethyl adjacent to an activating group) is 1. The van der Waals surface area contributed by atoms with E-state index in [4.69, 9.17) is 10.7 Å². The highest BCUT2D eigenvalue weighted by Crippen LogP contribution is 2.37. The molecule has 0 saturated carbocycles. The summed E-state index contributed by atoms with van der Waals surface area (Å²) in [6.07, 6.45) is 7.83. The molecule has 3 aromatic rings. The molecule has 4 saturated heterocycles. The van der Waals surface area contributed by atoms with E-state index in [1.165, 1.54) is 5.56 Å². The summed E-state index contributed by atoms with van der Waals surface area (Å²) in [6, 6.07) is 13.4. The number of fused-ring (bicyclic) bond motifs is 1. The SMILES string of the molecule is CN1CCN([C@@H]2CCCN(c3cnc(C(N)=O)c(Nc4ccc(C5(C)CCN(C(=O)CCCCc6cccc7c6CN(C6CCC(O)NC6=O)C7=O)CC5)cc4)n3)C2)C1=O. The third-order valence-electron chi connectivity index (χ3n) is 13.3. The van der Waals surface area contributed by atoms with E-state index in [2.05, 4.69) is 39.6 Å².